The fraction of sp³-hybridized carbons (Fsp3) is 0.250. The number of nitrogen functional groups attached to an aromatic ring is 1. The molecule has 2 aromatic rings. The topological polar surface area (TPSA) is 88.2 Å². The van der Waals surface area contributed by atoms with Gasteiger partial charge in [-0.2, -0.15) is 0 Å². The molecule has 110 valence electrons. The minimum Gasteiger partial charge on any atom is -0.478 e. The Hall–Kier alpha value is -2.56. The zero-order valence-electron chi connectivity index (χ0n) is 12.1. The number of rotatable bonds is 5. The smallest absolute Gasteiger partial charge is 0.339 e. The Bertz CT molecular complexity index is 636. The van der Waals surface area contributed by atoms with Crippen molar-refractivity contribution in [3.63, 3.8) is 0 Å². The van der Waals surface area contributed by atoms with Gasteiger partial charge in [0.1, 0.15) is 11.4 Å². The summed E-state index contributed by atoms with van der Waals surface area (Å²) in [5.74, 6) is -0.235. The fourth-order valence-corrected chi connectivity index (χ4v) is 1.99. The van der Waals surface area contributed by atoms with Gasteiger partial charge in [-0.15, -0.1) is 0 Å². The van der Waals surface area contributed by atoms with Crippen molar-refractivity contribution in [3.05, 3.63) is 53.2 Å². The van der Waals surface area contributed by atoms with Gasteiger partial charge in [-0.05, 0) is 23.1 Å². The number of carboxylic acid groups (broad SMARTS) is 1. The maximum Gasteiger partial charge on any atom is 0.339 e. The SMILES string of the molecule is CC(C)c1ccc(CNc2ncc(N)cc2C(=O)O)cc1. The Morgan fingerprint density at radius 3 is 2.57 bits per heavy atom. The second-order valence-corrected chi connectivity index (χ2v) is 5.22. The molecule has 5 heteroatoms. The highest BCUT2D eigenvalue weighted by Crippen LogP contribution is 2.18. The minimum atomic E-state index is -1.05. The average molecular weight is 285 g/mol. The normalized spacial score (nSPS) is 10.6. The Labute approximate surface area is 123 Å². The van der Waals surface area contributed by atoms with E-state index in [1.807, 2.05) is 12.1 Å². The summed E-state index contributed by atoms with van der Waals surface area (Å²) < 4.78 is 0. The van der Waals surface area contributed by atoms with E-state index >= 15 is 0 Å². The number of hydrogen-bond acceptors (Lipinski definition) is 4. The van der Waals surface area contributed by atoms with Gasteiger partial charge < -0.3 is 16.2 Å². The zero-order chi connectivity index (χ0) is 15.4. The van der Waals surface area contributed by atoms with Gasteiger partial charge in [-0.3, -0.25) is 0 Å². The first-order chi connectivity index (χ1) is 9.97. The minimum absolute atomic E-state index is 0.0776. The molecule has 0 radical (unpaired) electrons. The molecule has 2 rings (SSSR count). The van der Waals surface area contributed by atoms with Crippen LogP contribution in [0.1, 0.15) is 41.3 Å². The van der Waals surface area contributed by atoms with Crippen LogP contribution in [-0.4, -0.2) is 16.1 Å². The van der Waals surface area contributed by atoms with Crippen LogP contribution in [-0.2, 0) is 6.54 Å². The van der Waals surface area contributed by atoms with Crippen LogP contribution in [0.3, 0.4) is 0 Å². The van der Waals surface area contributed by atoms with Crippen molar-refractivity contribution in [2.75, 3.05) is 11.1 Å². The number of aromatic nitrogens is 1. The lowest BCUT2D eigenvalue weighted by Gasteiger charge is -2.10. The van der Waals surface area contributed by atoms with Crippen molar-refractivity contribution < 1.29 is 9.90 Å². The Morgan fingerprint density at radius 1 is 1.33 bits per heavy atom. The first kappa shape index (κ1) is 14.8. The number of nitrogens with one attached hydrogen (secondary N) is 1. The molecule has 0 fully saturated rings. The summed E-state index contributed by atoms with van der Waals surface area (Å²) in [6.45, 7) is 4.80. The zero-order valence-corrected chi connectivity index (χ0v) is 12.1. The molecular weight excluding hydrogens is 266 g/mol. The molecule has 1 aromatic heterocycles. The lowest BCUT2D eigenvalue weighted by molar-refractivity contribution is 0.0697. The fourth-order valence-electron chi connectivity index (χ4n) is 1.99. The summed E-state index contributed by atoms with van der Waals surface area (Å²) in [6, 6.07) is 9.62. The number of aromatic carboxylic acids is 1. The summed E-state index contributed by atoms with van der Waals surface area (Å²) in [5, 5.41) is 12.2. The van der Waals surface area contributed by atoms with Gasteiger partial charge in [0, 0.05) is 6.54 Å². The van der Waals surface area contributed by atoms with Crippen molar-refractivity contribution in [3.8, 4) is 0 Å². The predicted molar refractivity (Wildman–Crippen MR) is 83.5 cm³/mol. The summed E-state index contributed by atoms with van der Waals surface area (Å²) in [4.78, 5) is 15.2. The molecular formula is C16H19N3O2. The molecule has 0 bridgehead atoms. The standard InChI is InChI=1S/C16H19N3O2/c1-10(2)12-5-3-11(4-6-12)8-18-15-14(16(20)21)7-13(17)9-19-15/h3-7,9-10H,8,17H2,1-2H3,(H,18,19)(H,20,21). The molecule has 0 atom stereocenters. The summed E-state index contributed by atoms with van der Waals surface area (Å²) >= 11 is 0. The van der Waals surface area contributed by atoms with E-state index in [1.54, 1.807) is 0 Å². The van der Waals surface area contributed by atoms with Gasteiger partial charge in [-0.25, -0.2) is 9.78 Å². The summed E-state index contributed by atoms with van der Waals surface area (Å²) in [5.41, 5.74) is 8.31. The molecule has 0 amide bonds. The molecule has 0 aliphatic heterocycles. The van der Waals surface area contributed by atoms with Crippen molar-refractivity contribution in [1.82, 2.24) is 4.98 Å². The first-order valence-corrected chi connectivity index (χ1v) is 6.79. The Kier molecular flexibility index (Phi) is 4.42. The predicted octanol–water partition coefficient (Wildman–Crippen LogP) is 3.10. The number of anilines is 2. The van der Waals surface area contributed by atoms with E-state index in [9.17, 15) is 4.79 Å². The molecule has 0 saturated heterocycles. The van der Waals surface area contributed by atoms with Gasteiger partial charge in [0.05, 0.1) is 11.9 Å². The second kappa shape index (κ2) is 6.26. The van der Waals surface area contributed by atoms with Crippen LogP contribution in [0.15, 0.2) is 36.5 Å². The third kappa shape index (κ3) is 3.72. The van der Waals surface area contributed by atoms with E-state index in [1.165, 1.54) is 17.8 Å². The Balaban J connectivity index is 2.11. The second-order valence-electron chi connectivity index (χ2n) is 5.22. The monoisotopic (exact) mass is 285 g/mol. The number of nitrogens with zero attached hydrogens (tertiary/aromatic N) is 1. The number of benzene rings is 1. The molecule has 1 heterocycles. The van der Waals surface area contributed by atoms with Crippen LogP contribution in [0, 0.1) is 0 Å². The molecule has 0 aliphatic rings. The van der Waals surface area contributed by atoms with Crippen molar-refractivity contribution >= 4 is 17.5 Å². The number of carboxylic acids is 1. The molecule has 0 unspecified atom stereocenters. The molecule has 0 spiro atoms. The quantitative estimate of drug-likeness (QED) is 0.785. The van der Waals surface area contributed by atoms with Crippen LogP contribution < -0.4 is 11.1 Å². The maximum absolute atomic E-state index is 11.2. The van der Waals surface area contributed by atoms with Crippen LogP contribution in [0.2, 0.25) is 0 Å². The molecule has 0 aliphatic carbocycles. The number of nitrogens with two attached hydrogens (primary N) is 1. The van der Waals surface area contributed by atoms with Crippen LogP contribution in [0.5, 0.6) is 0 Å². The number of hydrogen-bond donors (Lipinski definition) is 3. The summed E-state index contributed by atoms with van der Waals surface area (Å²) in [6.07, 6.45) is 1.44. The highest BCUT2D eigenvalue weighted by molar-refractivity contribution is 5.94. The highest BCUT2D eigenvalue weighted by atomic mass is 16.4. The van der Waals surface area contributed by atoms with E-state index in [4.69, 9.17) is 10.8 Å². The van der Waals surface area contributed by atoms with Crippen molar-refractivity contribution in [2.24, 2.45) is 0 Å². The van der Waals surface area contributed by atoms with Gasteiger partial charge in [0.15, 0.2) is 0 Å². The van der Waals surface area contributed by atoms with E-state index in [-0.39, 0.29) is 5.56 Å². The number of pyridine rings is 1. The van der Waals surface area contributed by atoms with E-state index < -0.39 is 5.97 Å². The van der Waals surface area contributed by atoms with Crippen LogP contribution >= 0.6 is 0 Å². The van der Waals surface area contributed by atoms with E-state index in [2.05, 4.69) is 36.3 Å². The molecule has 5 nitrogen and oxygen atoms in total. The highest BCUT2D eigenvalue weighted by Gasteiger charge is 2.11. The van der Waals surface area contributed by atoms with Gasteiger partial charge in [0.2, 0.25) is 0 Å². The maximum atomic E-state index is 11.2. The first-order valence-electron chi connectivity index (χ1n) is 6.79. The van der Waals surface area contributed by atoms with Crippen LogP contribution in [0.25, 0.3) is 0 Å². The molecule has 21 heavy (non-hydrogen) atoms. The van der Waals surface area contributed by atoms with Gasteiger partial charge in [-0.1, -0.05) is 38.1 Å². The van der Waals surface area contributed by atoms with Gasteiger partial charge in [0.25, 0.3) is 0 Å². The Morgan fingerprint density at radius 2 is 2.00 bits per heavy atom. The third-order valence-electron chi connectivity index (χ3n) is 3.25. The van der Waals surface area contributed by atoms with E-state index in [0.717, 1.165) is 5.56 Å². The summed E-state index contributed by atoms with van der Waals surface area (Å²) in [7, 11) is 0. The largest absolute Gasteiger partial charge is 0.478 e. The molecule has 4 N–H and O–H groups in total. The van der Waals surface area contributed by atoms with Crippen LogP contribution in [0.4, 0.5) is 11.5 Å². The van der Waals surface area contributed by atoms with E-state index in [0.29, 0.717) is 24.0 Å². The lowest BCUT2D eigenvalue weighted by Crippen LogP contribution is -2.09. The molecule has 0 saturated carbocycles. The van der Waals surface area contributed by atoms with Gasteiger partial charge >= 0.3 is 5.97 Å². The van der Waals surface area contributed by atoms with Crippen molar-refractivity contribution in [2.45, 2.75) is 26.3 Å². The third-order valence-corrected chi connectivity index (χ3v) is 3.25. The number of carbonyl (C=O) groups is 1. The van der Waals surface area contributed by atoms with Crippen molar-refractivity contribution in [1.29, 1.82) is 0 Å². The molecule has 1 aromatic carbocycles. The lowest BCUT2D eigenvalue weighted by atomic mass is 10.0. The average Bonchev–Trinajstić information content (AvgIpc) is 2.46.